The van der Waals surface area contributed by atoms with Gasteiger partial charge in [0.05, 0.1) is 16.8 Å². The van der Waals surface area contributed by atoms with Crippen LogP contribution in [0.5, 0.6) is 0 Å². The zero-order valence-corrected chi connectivity index (χ0v) is 14.3. The van der Waals surface area contributed by atoms with Crippen molar-refractivity contribution in [1.29, 1.82) is 0 Å². The highest BCUT2D eigenvalue weighted by Crippen LogP contribution is 2.36. The van der Waals surface area contributed by atoms with Gasteiger partial charge in [0.2, 0.25) is 11.8 Å². The van der Waals surface area contributed by atoms with Crippen molar-refractivity contribution in [3.8, 4) is 0 Å². The number of amides is 4. The molecular formula is C18H17FN4O4. The second-order valence-corrected chi connectivity index (χ2v) is 7.44. The van der Waals surface area contributed by atoms with Gasteiger partial charge in [-0.25, -0.2) is 4.39 Å². The van der Waals surface area contributed by atoms with Gasteiger partial charge in [-0.1, -0.05) is 0 Å². The van der Waals surface area contributed by atoms with Crippen LogP contribution in [0.3, 0.4) is 0 Å². The molecule has 8 nitrogen and oxygen atoms in total. The summed E-state index contributed by atoms with van der Waals surface area (Å²) in [6.07, 6.45) is 1.05. The Morgan fingerprint density at radius 2 is 1.81 bits per heavy atom. The van der Waals surface area contributed by atoms with Crippen LogP contribution >= 0.6 is 0 Å². The van der Waals surface area contributed by atoms with Crippen LogP contribution < -0.4 is 15.5 Å². The first-order chi connectivity index (χ1) is 12.9. The van der Waals surface area contributed by atoms with Crippen molar-refractivity contribution < 1.29 is 23.6 Å². The summed E-state index contributed by atoms with van der Waals surface area (Å²) in [7, 11) is 0. The lowest BCUT2D eigenvalue weighted by atomic mass is 10.0. The minimum atomic E-state index is -1.05. The predicted molar refractivity (Wildman–Crippen MR) is 90.6 cm³/mol. The van der Waals surface area contributed by atoms with Gasteiger partial charge < -0.3 is 10.2 Å². The number of carbonyl (C=O) groups excluding carboxylic acids is 4. The Kier molecular flexibility index (Phi) is 3.39. The highest BCUT2D eigenvalue weighted by molar-refractivity contribution is 6.23. The van der Waals surface area contributed by atoms with E-state index < -0.39 is 35.5 Å². The average Bonchev–Trinajstić information content (AvgIpc) is 3.31. The summed E-state index contributed by atoms with van der Waals surface area (Å²) in [6.45, 7) is 1.41. The highest BCUT2D eigenvalue weighted by atomic mass is 19.1. The molecule has 27 heavy (non-hydrogen) atoms. The van der Waals surface area contributed by atoms with Crippen LogP contribution in [0.1, 0.15) is 40.0 Å². The number of piperidine rings is 1. The molecule has 1 aromatic rings. The Hall–Kier alpha value is -2.81. The molecule has 1 unspecified atom stereocenters. The van der Waals surface area contributed by atoms with Crippen LogP contribution in [-0.2, 0) is 9.59 Å². The average molecular weight is 372 g/mol. The van der Waals surface area contributed by atoms with E-state index in [2.05, 4.69) is 10.6 Å². The molecule has 0 saturated carbocycles. The van der Waals surface area contributed by atoms with Crippen LogP contribution in [0.4, 0.5) is 10.1 Å². The van der Waals surface area contributed by atoms with Gasteiger partial charge in [0.1, 0.15) is 11.9 Å². The summed E-state index contributed by atoms with van der Waals surface area (Å²) in [4.78, 5) is 51.8. The number of nitrogens with zero attached hydrogens (tertiary/aromatic N) is 2. The van der Waals surface area contributed by atoms with Gasteiger partial charge in [0, 0.05) is 31.6 Å². The number of carbonyl (C=O) groups is 4. The molecular weight excluding hydrogens is 355 g/mol. The third-order valence-electron chi connectivity index (χ3n) is 5.87. The summed E-state index contributed by atoms with van der Waals surface area (Å²) < 4.78 is 14.8. The molecule has 3 atom stereocenters. The van der Waals surface area contributed by atoms with E-state index in [-0.39, 0.29) is 30.0 Å². The summed E-state index contributed by atoms with van der Waals surface area (Å²) in [5, 5.41) is 5.48. The predicted octanol–water partition coefficient (Wildman–Crippen LogP) is -0.223. The Morgan fingerprint density at radius 3 is 2.44 bits per heavy atom. The van der Waals surface area contributed by atoms with E-state index in [1.54, 1.807) is 0 Å². The second-order valence-electron chi connectivity index (χ2n) is 7.44. The van der Waals surface area contributed by atoms with Gasteiger partial charge in [-0.2, -0.15) is 0 Å². The van der Waals surface area contributed by atoms with E-state index >= 15 is 0 Å². The maximum atomic E-state index is 14.8. The number of hydrogen-bond donors (Lipinski definition) is 2. The van der Waals surface area contributed by atoms with Crippen LogP contribution in [0.15, 0.2) is 12.1 Å². The van der Waals surface area contributed by atoms with E-state index in [0.717, 1.165) is 23.9 Å². The Labute approximate surface area is 153 Å². The lowest BCUT2D eigenvalue weighted by Crippen LogP contribution is -2.54. The van der Waals surface area contributed by atoms with Gasteiger partial charge in [-0.3, -0.25) is 29.4 Å². The lowest BCUT2D eigenvalue weighted by Gasteiger charge is -2.30. The van der Waals surface area contributed by atoms with Crippen molar-refractivity contribution in [2.24, 2.45) is 0 Å². The molecule has 4 heterocycles. The monoisotopic (exact) mass is 372 g/mol. The fourth-order valence-electron chi connectivity index (χ4n) is 4.55. The maximum Gasteiger partial charge on any atom is 0.262 e. The van der Waals surface area contributed by atoms with Crippen molar-refractivity contribution in [3.05, 3.63) is 29.1 Å². The van der Waals surface area contributed by atoms with E-state index in [9.17, 15) is 23.6 Å². The number of anilines is 1. The molecule has 1 aromatic carbocycles. The highest BCUT2D eigenvalue weighted by Gasteiger charge is 2.46. The molecule has 4 aliphatic heterocycles. The summed E-state index contributed by atoms with van der Waals surface area (Å²) >= 11 is 0. The Morgan fingerprint density at radius 1 is 1.07 bits per heavy atom. The smallest absolute Gasteiger partial charge is 0.262 e. The summed E-state index contributed by atoms with van der Waals surface area (Å²) in [6, 6.07) is 1.95. The number of benzene rings is 1. The minimum Gasteiger partial charge on any atom is -0.363 e. The van der Waals surface area contributed by atoms with Gasteiger partial charge in [-0.05, 0) is 25.0 Å². The molecule has 3 saturated heterocycles. The first-order valence-electron chi connectivity index (χ1n) is 8.99. The van der Waals surface area contributed by atoms with Crippen LogP contribution in [0.25, 0.3) is 0 Å². The van der Waals surface area contributed by atoms with Gasteiger partial charge in [-0.15, -0.1) is 0 Å². The molecule has 9 heteroatoms. The quantitative estimate of drug-likeness (QED) is 0.697. The third-order valence-corrected chi connectivity index (χ3v) is 5.87. The van der Waals surface area contributed by atoms with Crippen LogP contribution in [-0.4, -0.2) is 59.7 Å². The van der Waals surface area contributed by atoms with E-state index in [4.69, 9.17) is 0 Å². The van der Waals surface area contributed by atoms with E-state index in [1.165, 1.54) is 6.07 Å². The summed E-state index contributed by atoms with van der Waals surface area (Å²) in [5.41, 5.74) is 0.388. The number of imide groups is 2. The van der Waals surface area contributed by atoms with Crippen LogP contribution in [0.2, 0.25) is 0 Å². The van der Waals surface area contributed by atoms with Crippen molar-refractivity contribution in [2.45, 2.75) is 37.4 Å². The molecule has 4 amide bonds. The molecule has 0 aromatic heterocycles. The number of rotatable bonds is 2. The SMILES string of the molecule is O=C1CCC(N2C(=O)c3cc(F)c(N4C[C@H]5C[C@@H]4CN5)cc3C2=O)C(=O)N1. The normalized spacial score (nSPS) is 29.6. The molecule has 3 fully saturated rings. The number of piperazine rings is 1. The van der Waals surface area contributed by atoms with Crippen molar-refractivity contribution in [1.82, 2.24) is 15.5 Å². The van der Waals surface area contributed by atoms with E-state index in [1.807, 2.05) is 4.90 Å². The van der Waals surface area contributed by atoms with Crippen LogP contribution in [0, 0.1) is 5.82 Å². The van der Waals surface area contributed by atoms with Crippen molar-refractivity contribution in [2.75, 3.05) is 18.0 Å². The Bertz CT molecular complexity index is 917. The Balaban J connectivity index is 1.50. The second kappa shape index (κ2) is 5.59. The van der Waals surface area contributed by atoms with Crippen molar-refractivity contribution >= 4 is 29.3 Å². The zero-order chi connectivity index (χ0) is 18.9. The molecule has 2 bridgehead atoms. The molecule has 2 N–H and O–H groups in total. The molecule has 0 radical (unpaired) electrons. The lowest BCUT2D eigenvalue weighted by molar-refractivity contribution is -0.136. The molecule has 5 rings (SSSR count). The van der Waals surface area contributed by atoms with Gasteiger partial charge >= 0.3 is 0 Å². The van der Waals surface area contributed by atoms with Gasteiger partial charge in [0.15, 0.2) is 0 Å². The minimum absolute atomic E-state index is 0.0339. The topological polar surface area (TPSA) is 98.8 Å². The largest absolute Gasteiger partial charge is 0.363 e. The molecule has 0 aliphatic carbocycles. The first-order valence-corrected chi connectivity index (χ1v) is 8.99. The third kappa shape index (κ3) is 2.31. The number of halogens is 1. The fraction of sp³-hybridized carbons (Fsp3) is 0.444. The molecule has 4 aliphatic rings. The standard InChI is InChI=1S/C18H17FN4O4/c19-12-4-10-11(5-14(12)22-7-8-3-9(22)6-20-8)18(27)23(17(10)26)13-1-2-15(24)21-16(13)25/h4-5,8-9,13,20H,1-3,6-7H2,(H,21,24,25)/t8-,9-,13?/m1/s1. The molecule has 0 spiro atoms. The fourth-order valence-corrected chi connectivity index (χ4v) is 4.55. The maximum absolute atomic E-state index is 14.8. The number of hydrogen-bond acceptors (Lipinski definition) is 6. The number of nitrogens with one attached hydrogen (secondary N) is 2. The van der Waals surface area contributed by atoms with E-state index in [0.29, 0.717) is 18.3 Å². The summed E-state index contributed by atoms with van der Waals surface area (Å²) in [5.74, 6) is -2.97. The number of fused-ring (bicyclic) bond motifs is 3. The zero-order valence-electron chi connectivity index (χ0n) is 14.3. The van der Waals surface area contributed by atoms with Gasteiger partial charge in [0.25, 0.3) is 11.8 Å². The van der Waals surface area contributed by atoms with Crippen molar-refractivity contribution in [3.63, 3.8) is 0 Å². The first kappa shape index (κ1) is 16.4. The molecule has 140 valence electrons.